The normalized spacial score (nSPS) is 16.2. The molecule has 1 saturated heterocycles. The highest BCUT2D eigenvalue weighted by atomic mass is 15.1. The number of piperidine rings is 1. The van der Waals surface area contributed by atoms with Crippen molar-refractivity contribution in [2.75, 3.05) is 19.6 Å². The molecule has 4 heterocycles. The summed E-state index contributed by atoms with van der Waals surface area (Å²) in [7, 11) is 0. The molecule has 5 heteroatoms. The van der Waals surface area contributed by atoms with Gasteiger partial charge in [0, 0.05) is 18.1 Å². The first-order valence-corrected chi connectivity index (χ1v) is 11.4. The third kappa shape index (κ3) is 4.04. The first-order valence-electron chi connectivity index (χ1n) is 11.4. The number of pyridine rings is 1. The van der Waals surface area contributed by atoms with E-state index in [4.69, 9.17) is 0 Å². The van der Waals surface area contributed by atoms with E-state index >= 15 is 0 Å². The molecule has 1 aliphatic rings. The summed E-state index contributed by atoms with van der Waals surface area (Å²) < 4.78 is 0. The predicted molar refractivity (Wildman–Crippen MR) is 133 cm³/mol. The van der Waals surface area contributed by atoms with Crippen LogP contribution in [0.2, 0.25) is 0 Å². The van der Waals surface area contributed by atoms with E-state index in [1.807, 2.05) is 24.4 Å². The summed E-state index contributed by atoms with van der Waals surface area (Å²) >= 11 is 0. The van der Waals surface area contributed by atoms with Crippen LogP contribution in [0.5, 0.6) is 0 Å². The minimum Gasteiger partial charge on any atom is -0.352 e. The molecule has 1 fully saturated rings. The van der Waals surface area contributed by atoms with Crippen molar-refractivity contribution in [2.24, 2.45) is 0 Å². The molecule has 2 N–H and O–H groups in total. The zero-order valence-corrected chi connectivity index (χ0v) is 18.6. The highest BCUT2D eigenvalue weighted by molar-refractivity contribution is 5.97. The first kappa shape index (κ1) is 20.5. The van der Waals surface area contributed by atoms with Gasteiger partial charge in [-0.15, -0.1) is 0 Å². The third-order valence-corrected chi connectivity index (χ3v) is 6.31. The molecule has 0 bridgehead atoms. The third-order valence-electron chi connectivity index (χ3n) is 6.31. The van der Waals surface area contributed by atoms with Crippen LogP contribution >= 0.6 is 0 Å². The van der Waals surface area contributed by atoms with Gasteiger partial charge >= 0.3 is 0 Å². The molecule has 162 valence electrons. The summed E-state index contributed by atoms with van der Waals surface area (Å²) in [4.78, 5) is 10.4. The molecule has 5 rings (SSSR count). The number of aromatic amines is 2. The fourth-order valence-corrected chi connectivity index (χ4v) is 4.56. The van der Waals surface area contributed by atoms with Crippen LogP contribution in [0.3, 0.4) is 0 Å². The summed E-state index contributed by atoms with van der Waals surface area (Å²) in [5.41, 5.74) is 8.49. The maximum absolute atomic E-state index is 4.60. The number of hydrogen-bond donors (Lipinski definition) is 2. The monoisotopic (exact) mass is 423 g/mol. The van der Waals surface area contributed by atoms with Gasteiger partial charge in [-0.3, -0.25) is 15.0 Å². The molecule has 32 heavy (non-hydrogen) atoms. The molecule has 5 nitrogen and oxygen atoms in total. The Hall–Kier alpha value is -3.44. The number of hydrogen-bond acceptors (Lipinski definition) is 3. The van der Waals surface area contributed by atoms with E-state index in [2.05, 4.69) is 75.0 Å². The number of H-pyrrole nitrogens is 2. The van der Waals surface area contributed by atoms with Crippen LogP contribution in [0.15, 0.2) is 73.0 Å². The Kier molecular flexibility index (Phi) is 5.73. The van der Waals surface area contributed by atoms with Gasteiger partial charge in [0.15, 0.2) is 0 Å². The summed E-state index contributed by atoms with van der Waals surface area (Å²) in [5, 5.41) is 8.87. The Morgan fingerprint density at radius 3 is 2.78 bits per heavy atom. The molecular weight excluding hydrogens is 394 g/mol. The molecule has 0 radical (unpaired) electrons. The number of aromatic nitrogens is 4. The van der Waals surface area contributed by atoms with Crippen molar-refractivity contribution in [2.45, 2.75) is 26.2 Å². The second-order valence-electron chi connectivity index (χ2n) is 8.46. The maximum Gasteiger partial charge on any atom is 0.116 e. The molecule has 0 unspecified atom stereocenters. The lowest BCUT2D eigenvalue weighted by Crippen LogP contribution is -2.31. The molecule has 0 amide bonds. The lowest BCUT2D eigenvalue weighted by atomic mass is 9.99. The lowest BCUT2D eigenvalue weighted by molar-refractivity contribution is 0.248. The van der Waals surface area contributed by atoms with Crippen LogP contribution in [-0.4, -0.2) is 44.7 Å². The Labute approximate surface area is 188 Å². The zero-order chi connectivity index (χ0) is 21.9. The largest absolute Gasteiger partial charge is 0.352 e. The highest BCUT2D eigenvalue weighted by Gasteiger charge is 2.14. The van der Waals surface area contributed by atoms with Crippen molar-refractivity contribution in [3.05, 3.63) is 78.5 Å². The van der Waals surface area contributed by atoms with Gasteiger partial charge < -0.3 is 4.98 Å². The van der Waals surface area contributed by atoms with E-state index in [0.29, 0.717) is 0 Å². The molecule has 4 aromatic rings. The Bertz CT molecular complexity index is 1280. The quantitative estimate of drug-likeness (QED) is 0.368. The summed E-state index contributed by atoms with van der Waals surface area (Å²) in [5.74, 6) is 0. The van der Waals surface area contributed by atoms with E-state index in [0.717, 1.165) is 39.9 Å². The standard InChI is InChI=1S/C27H29N5/c1-3-19(18-32-13-6-5-7-14-32)15-20(4-2)21-10-11-23-22(16-21)27(31-30-23)26-17-25-24(29-26)9-8-12-28-25/h3-4,8-12,15-17,29H,1,5-7,13-14,18H2,2H3,(H,30,31)/b19-15+,20-4+. The number of allylic oxidation sites excluding steroid dienone is 3. The van der Waals surface area contributed by atoms with Gasteiger partial charge in [0.25, 0.3) is 0 Å². The fraction of sp³-hybridized carbons (Fsp3) is 0.259. The van der Waals surface area contributed by atoms with Gasteiger partial charge in [0.05, 0.1) is 22.2 Å². The molecule has 1 aliphatic heterocycles. The van der Waals surface area contributed by atoms with Gasteiger partial charge in [-0.2, -0.15) is 5.10 Å². The van der Waals surface area contributed by atoms with Gasteiger partial charge in [0.2, 0.25) is 0 Å². The van der Waals surface area contributed by atoms with Crippen molar-refractivity contribution < 1.29 is 0 Å². The van der Waals surface area contributed by atoms with Crippen LogP contribution in [0.25, 0.3) is 38.9 Å². The summed E-state index contributed by atoms with van der Waals surface area (Å²) in [6.45, 7) is 9.49. The van der Waals surface area contributed by atoms with Crippen LogP contribution < -0.4 is 0 Å². The number of nitrogens with zero attached hydrogens (tertiary/aromatic N) is 3. The van der Waals surface area contributed by atoms with E-state index in [1.54, 1.807) is 0 Å². The van der Waals surface area contributed by atoms with Crippen LogP contribution in [-0.2, 0) is 0 Å². The van der Waals surface area contributed by atoms with Crippen molar-refractivity contribution in [3.63, 3.8) is 0 Å². The minimum atomic E-state index is 0.913. The number of rotatable bonds is 6. The number of fused-ring (bicyclic) bond motifs is 2. The molecule has 0 aliphatic carbocycles. The molecule has 0 atom stereocenters. The topological polar surface area (TPSA) is 60.6 Å². The van der Waals surface area contributed by atoms with Crippen molar-refractivity contribution in [1.29, 1.82) is 0 Å². The van der Waals surface area contributed by atoms with Crippen molar-refractivity contribution in [1.82, 2.24) is 25.1 Å². The SMILES string of the molecule is C=C/C(=C\C(=C/C)c1ccc2[nH]nc(-c3cc4ncccc4[nH]3)c2c1)CN1CCCCC1. The number of nitrogens with one attached hydrogen (secondary N) is 2. The van der Waals surface area contributed by atoms with Crippen molar-refractivity contribution >= 4 is 27.5 Å². The average molecular weight is 424 g/mol. The van der Waals surface area contributed by atoms with E-state index < -0.39 is 0 Å². The Morgan fingerprint density at radius 1 is 1.12 bits per heavy atom. The smallest absolute Gasteiger partial charge is 0.116 e. The molecule has 0 spiro atoms. The second kappa shape index (κ2) is 8.97. The first-order chi connectivity index (χ1) is 15.7. The number of benzene rings is 1. The minimum absolute atomic E-state index is 0.913. The fourth-order valence-electron chi connectivity index (χ4n) is 4.56. The maximum atomic E-state index is 4.60. The summed E-state index contributed by atoms with van der Waals surface area (Å²) in [6.07, 6.45) is 12.2. The van der Waals surface area contributed by atoms with Gasteiger partial charge in [0.1, 0.15) is 5.69 Å². The van der Waals surface area contributed by atoms with Gasteiger partial charge in [-0.25, -0.2) is 0 Å². The van der Waals surface area contributed by atoms with Crippen LogP contribution in [0, 0.1) is 0 Å². The van der Waals surface area contributed by atoms with Crippen LogP contribution in [0.4, 0.5) is 0 Å². The zero-order valence-electron chi connectivity index (χ0n) is 18.6. The summed E-state index contributed by atoms with van der Waals surface area (Å²) in [6, 6.07) is 12.5. The number of likely N-dealkylation sites (tertiary alicyclic amines) is 1. The Morgan fingerprint density at radius 2 is 2.00 bits per heavy atom. The Balaban J connectivity index is 1.49. The molecule has 0 saturated carbocycles. The van der Waals surface area contributed by atoms with E-state index in [1.165, 1.54) is 49.1 Å². The molecule has 1 aromatic carbocycles. The average Bonchev–Trinajstić information content (AvgIpc) is 3.45. The van der Waals surface area contributed by atoms with E-state index in [-0.39, 0.29) is 0 Å². The van der Waals surface area contributed by atoms with E-state index in [9.17, 15) is 0 Å². The predicted octanol–water partition coefficient (Wildman–Crippen LogP) is 6.11. The van der Waals surface area contributed by atoms with Crippen LogP contribution in [0.1, 0.15) is 31.7 Å². The van der Waals surface area contributed by atoms with Gasteiger partial charge in [-0.1, -0.05) is 37.3 Å². The second-order valence-corrected chi connectivity index (χ2v) is 8.46. The van der Waals surface area contributed by atoms with Crippen molar-refractivity contribution in [3.8, 4) is 11.4 Å². The molecular formula is C27H29N5. The molecule has 3 aromatic heterocycles. The lowest BCUT2D eigenvalue weighted by Gasteiger charge is -2.26. The van der Waals surface area contributed by atoms with Gasteiger partial charge in [-0.05, 0) is 79.9 Å². The highest BCUT2D eigenvalue weighted by Crippen LogP contribution is 2.31.